The molecule has 1 heterocycles. The van der Waals surface area contributed by atoms with Gasteiger partial charge in [0.2, 0.25) is 0 Å². The molecule has 2 unspecified atom stereocenters. The molecule has 0 amide bonds. The standard InChI is InChI=1S/C6H4O4S.C5H12N2O/c7-5(8)3-1-2-4(11-3)6(9)10;6-4-1-2-5(3-4)7-8/h1-2H,(H,7,8)(H,9,10);4-5,7-8H,1-3,6H2. The fourth-order valence-corrected chi connectivity index (χ4v) is 2.39. The van der Waals surface area contributed by atoms with Gasteiger partial charge in [0.1, 0.15) is 9.75 Å². The van der Waals surface area contributed by atoms with Crippen molar-refractivity contribution in [2.45, 2.75) is 31.3 Å². The SMILES string of the molecule is NC1CCC(NO)C1.O=C(O)c1ccc(C(=O)O)s1. The number of hydrogen-bond donors (Lipinski definition) is 5. The van der Waals surface area contributed by atoms with E-state index in [-0.39, 0.29) is 15.8 Å². The van der Waals surface area contributed by atoms with E-state index in [1.54, 1.807) is 0 Å². The molecule has 0 aromatic carbocycles. The maximum absolute atomic E-state index is 10.3. The molecule has 0 radical (unpaired) electrons. The van der Waals surface area contributed by atoms with Crippen molar-refractivity contribution >= 4 is 23.3 Å². The van der Waals surface area contributed by atoms with Gasteiger partial charge in [0, 0.05) is 12.1 Å². The van der Waals surface area contributed by atoms with Crippen LogP contribution in [0.3, 0.4) is 0 Å². The van der Waals surface area contributed by atoms with Crippen LogP contribution in [0.5, 0.6) is 0 Å². The van der Waals surface area contributed by atoms with Gasteiger partial charge in [-0.25, -0.2) is 15.1 Å². The Kier molecular flexibility index (Phi) is 5.90. The van der Waals surface area contributed by atoms with E-state index in [2.05, 4.69) is 5.48 Å². The summed E-state index contributed by atoms with van der Waals surface area (Å²) in [6.45, 7) is 0. The van der Waals surface area contributed by atoms with Crippen molar-refractivity contribution < 1.29 is 25.0 Å². The molecule has 0 saturated heterocycles. The number of nitrogens with two attached hydrogens (primary N) is 1. The van der Waals surface area contributed by atoms with Crippen molar-refractivity contribution in [3.05, 3.63) is 21.9 Å². The van der Waals surface area contributed by atoms with Crippen LogP contribution in [0, 0.1) is 0 Å². The monoisotopic (exact) mass is 288 g/mol. The molecular formula is C11H16N2O5S. The molecule has 1 fully saturated rings. The van der Waals surface area contributed by atoms with Crippen molar-refractivity contribution in [2.24, 2.45) is 5.73 Å². The highest BCUT2D eigenvalue weighted by Crippen LogP contribution is 2.16. The third-order valence-corrected chi connectivity index (χ3v) is 3.74. The molecule has 7 nitrogen and oxygen atoms in total. The zero-order chi connectivity index (χ0) is 14.4. The summed E-state index contributed by atoms with van der Waals surface area (Å²) in [5.41, 5.74) is 7.76. The van der Waals surface area contributed by atoms with Gasteiger partial charge in [0.15, 0.2) is 0 Å². The highest BCUT2D eigenvalue weighted by molar-refractivity contribution is 7.15. The van der Waals surface area contributed by atoms with Gasteiger partial charge in [-0.1, -0.05) is 0 Å². The van der Waals surface area contributed by atoms with Crippen LogP contribution in [0.25, 0.3) is 0 Å². The molecule has 1 aromatic rings. The van der Waals surface area contributed by atoms with Gasteiger partial charge in [0.05, 0.1) is 0 Å². The first kappa shape index (κ1) is 15.6. The van der Waals surface area contributed by atoms with E-state index in [0.29, 0.717) is 6.04 Å². The number of carboxylic acid groups (broad SMARTS) is 2. The lowest BCUT2D eigenvalue weighted by Crippen LogP contribution is -2.25. The number of hydrogen-bond acceptors (Lipinski definition) is 6. The first-order valence-corrected chi connectivity index (χ1v) is 6.47. The number of nitrogens with one attached hydrogen (secondary N) is 1. The summed E-state index contributed by atoms with van der Waals surface area (Å²) in [6.07, 6.45) is 2.96. The lowest BCUT2D eigenvalue weighted by molar-refractivity contribution is 0.0693. The molecule has 19 heavy (non-hydrogen) atoms. The summed E-state index contributed by atoms with van der Waals surface area (Å²) in [6, 6.07) is 3.11. The quantitative estimate of drug-likeness (QED) is 0.524. The van der Waals surface area contributed by atoms with Crippen molar-refractivity contribution in [1.29, 1.82) is 0 Å². The second-order valence-electron chi connectivity index (χ2n) is 4.17. The molecule has 2 rings (SSSR count). The van der Waals surface area contributed by atoms with Crippen LogP contribution in [0.1, 0.15) is 38.6 Å². The van der Waals surface area contributed by atoms with E-state index >= 15 is 0 Å². The van der Waals surface area contributed by atoms with Gasteiger partial charge in [-0.15, -0.1) is 11.3 Å². The van der Waals surface area contributed by atoms with Crippen molar-refractivity contribution in [1.82, 2.24) is 5.48 Å². The minimum absolute atomic E-state index is 0.0439. The fraction of sp³-hybridized carbons (Fsp3) is 0.455. The topological polar surface area (TPSA) is 133 Å². The predicted molar refractivity (Wildman–Crippen MR) is 68.8 cm³/mol. The average molecular weight is 288 g/mol. The molecule has 6 N–H and O–H groups in total. The number of thiophene rings is 1. The van der Waals surface area contributed by atoms with Crippen LogP contribution < -0.4 is 11.2 Å². The highest BCUT2D eigenvalue weighted by Gasteiger charge is 2.20. The summed E-state index contributed by atoms with van der Waals surface area (Å²) in [5.74, 6) is -2.19. The van der Waals surface area contributed by atoms with Gasteiger partial charge < -0.3 is 21.2 Å². The van der Waals surface area contributed by atoms with Gasteiger partial charge in [0.25, 0.3) is 0 Å². The molecule has 1 aliphatic rings. The van der Waals surface area contributed by atoms with E-state index in [9.17, 15) is 9.59 Å². The van der Waals surface area contributed by atoms with Gasteiger partial charge in [-0.3, -0.25) is 0 Å². The smallest absolute Gasteiger partial charge is 0.345 e. The summed E-state index contributed by atoms with van der Waals surface area (Å²) >= 11 is 0.750. The number of aromatic carboxylic acids is 2. The van der Waals surface area contributed by atoms with Crippen LogP contribution in [0.15, 0.2) is 12.1 Å². The largest absolute Gasteiger partial charge is 0.477 e. The molecular weight excluding hydrogens is 272 g/mol. The molecule has 0 spiro atoms. The zero-order valence-electron chi connectivity index (χ0n) is 10.1. The summed E-state index contributed by atoms with van der Waals surface area (Å²) in [5, 5.41) is 25.2. The van der Waals surface area contributed by atoms with E-state index in [1.807, 2.05) is 0 Å². The van der Waals surface area contributed by atoms with E-state index in [1.165, 1.54) is 12.1 Å². The van der Waals surface area contributed by atoms with Crippen LogP contribution in [-0.4, -0.2) is 39.4 Å². The maximum Gasteiger partial charge on any atom is 0.345 e. The number of rotatable bonds is 3. The minimum Gasteiger partial charge on any atom is -0.477 e. The lowest BCUT2D eigenvalue weighted by Gasteiger charge is -2.03. The number of hydroxylamine groups is 1. The Hall–Kier alpha value is -1.48. The van der Waals surface area contributed by atoms with Crippen molar-refractivity contribution in [2.75, 3.05) is 0 Å². The van der Waals surface area contributed by atoms with Gasteiger partial charge in [-0.2, -0.15) is 0 Å². The van der Waals surface area contributed by atoms with Crippen LogP contribution in [0.4, 0.5) is 0 Å². The van der Waals surface area contributed by atoms with Crippen LogP contribution >= 0.6 is 11.3 Å². The minimum atomic E-state index is -1.09. The Bertz CT molecular complexity index is 420. The maximum atomic E-state index is 10.3. The van der Waals surface area contributed by atoms with E-state index in [0.717, 1.165) is 30.6 Å². The van der Waals surface area contributed by atoms with E-state index < -0.39 is 11.9 Å². The van der Waals surface area contributed by atoms with Gasteiger partial charge in [-0.05, 0) is 31.4 Å². The van der Waals surface area contributed by atoms with E-state index in [4.69, 9.17) is 21.2 Å². The first-order chi connectivity index (χ1) is 8.93. The Morgan fingerprint density at radius 3 is 1.95 bits per heavy atom. The fourth-order valence-electron chi connectivity index (χ4n) is 1.70. The summed E-state index contributed by atoms with van der Waals surface area (Å²) < 4.78 is 0. The molecule has 0 bridgehead atoms. The molecule has 2 atom stereocenters. The molecule has 1 aliphatic carbocycles. The first-order valence-electron chi connectivity index (χ1n) is 5.65. The lowest BCUT2D eigenvalue weighted by atomic mass is 10.2. The van der Waals surface area contributed by atoms with Crippen LogP contribution in [-0.2, 0) is 0 Å². The second kappa shape index (κ2) is 7.19. The molecule has 1 aromatic heterocycles. The van der Waals surface area contributed by atoms with Crippen molar-refractivity contribution in [3.63, 3.8) is 0 Å². The molecule has 1 saturated carbocycles. The summed E-state index contributed by atoms with van der Waals surface area (Å²) in [7, 11) is 0. The Morgan fingerprint density at radius 2 is 1.74 bits per heavy atom. The number of carboxylic acids is 2. The Balaban J connectivity index is 0.000000200. The molecule has 0 aliphatic heterocycles. The normalized spacial score (nSPS) is 21.6. The number of carbonyl (C=O) groups is 2. The summed E-state index contributed by atoms with van der Waals surface area (Å²) in [4.78, 5) is 20.6. The highest BCUT2D eigenvalue weighted by atomic mass is 32.1. The Morgan fingerprint density at radius 1 is 1.21 bits per heavy atom. The zero-order valence-corrected chi connectivity index (χ0v) is 10.9. The third-order valence-electron chi connectivity index (χ3n) is 2.68. The van der Waals surface area contributed by atoms with Crippen LogP contribution in [0.2, 0.25) is 0 Å². The average Bonchev–Trinajstić information content (AvgIpc) is 2.97. The Labute approximate surface area is 113 Å². The van der Waals surface area contributed by atoms with Crippen molar-refractivity contribution in [3.8, 4) is 0 Å². The second-order valence-corrected chi connectivity index (χ2v) is 5.26. The molecule has 8 heteroatoms. The molecule has 106 valence electrons. The van der Waals surface area contributed by atoms with Gasteiger partial charge >= 0.3 is 11.9 Å². The third kappa shape index (κ3) is 4.95. The predicted octanol–water partition coefficient (Wildman–Crippen LogP) is 0.989.